The number of halogens is 2. The summed E-state index contributed by atoms with van der Waals surface area (Å²) in [6.07, 6.45) is 1.12. The molecule has 0 atom stereocenters. The first-order valence-corrected chi connectivity index (χ1v) is 6.83. The predicted octanol–water partition coefficient (Wildman–Crippen LogP) is 2.15. The molecule has 0 saturated carbocycles. The molecule has 1 aromatic carbocycles. The summed E-state index contributed by atoms with van der Waals surface area (Å²) in [6, 6.07) is 5.26. The van der Waals surface area contributed by atoms with E-state index in [9.17, 15) is 8.42 Å². The van der Waals surface area contributed by atoms with Gasteiger partial charge in [0.1, 0.15) is 0 Å². The van der Waals surface area contributed by atoms with Gasteiger partial charge in [-0.3, -0.25) is 0 Å². The Morgan fingerprint density at radius 1 is 1.43 bits per heavy atom. The molecule has 78 valence electrons. The molecule has 0 bridgehead atoms. The maximum atomic E-state index is 10.8. The fourth-order valence-electron chi connectivity index (χ4n) is 0.927. The molecule has 0 aromatic heterocycles. The van der Waals surface area contributed by atoms with Crippen molar-refractivity contribution in [3.63, 3.8) is 0 Å². The molecule has 0 fully saturated rings. The van der Waals surface area contributed by atoms with Crippen LogP contribution >= 0.6 is 27.5 Å². The van der Waals surface area contributed by atoms with Crippen LogP contribution in [0.5, 0.6) is 0 Å². The van der Waals surface area contributed by atoms with Gasteiger partial charge in [0, 0.05) is 16.0 Å². The second-order valence-corrected chi connectivity index (χ2v) is 6.06. The van der Waals surface area contributed by atoms with Gasteiger partial charge >= 0.3 is 0 Å². The minimum absolute atomic E-state index is 0.248. The van der Waals surface area contributed by atoms with Crippen LogP contribution in [0.15, 0.2) is 22.7 Å². The zero-order valence-electron chi connectivity index (χ0n) is 7.42. The Morgan fingerprint density at radius 3 is 2.57 bits per heavy atom. The summed E-state index contributed by atoms with van der Waals surface area (Å²) in [5.74, 6) is 0. The molecule has 0 aliphatic heterocycles. The van der Waals surface area contributed by atoms with Gasteiger partial charge in [-0.15, -0.1) is 0 Å². The van der Waals surface area contributed by atoms with Crippen molar-refractivity contribution in [2.24, 2.45) is 0 Å². The van der Waals surface area contributed by atoms with Gasteiger partial charge in [0.15, 0.2) is 0 Å². The van der Waals surface area contributed by atoms with Crippen molar-refractivity contribution in [3.8, 4) is 0 Å². The lowest BCUT2D eigenvalue weighted by Gasteiger charge is -2.03. The average Bonchev–Trinajstić information content (AvgIpc) is 1.97. The summed E-state index contributed by atoms with van der Waals surface area (Å²) >= 11 is 9.06. The highest BCUT2D eigenvalue weighted by molar-refractivity contribution is 9.10. The molecular formula is C8H9BrClNO2S. The number of nitrogens with one attached hydrogen (secondary N) is 1. The van der Waals surface area contributed by atoms with Crippen LogP contribution in [0.25, 0.3) is 0 Å². The molecule has 0 heterocycles. The third-order valence-corrected chi connectivity index (χ3v) is 2.81. The van der Waals surface area contributed by atoms with Crippen molar-refractivity contribution in [3.05, 3.63) is 33.3 Å². The Labute approximate surface area is 96.6 Å². The molecule has 0 radical (unpaired) electrons. The van der Waals surface area contributed by atoms with Crippen LogP contribution in [-0.2, 0) is 16.6 Å². The molecule has 1 N–H and O–H groups in total. The number of hydrogen-bond donors (Lipinski definition) is 1. The van der Waals surface area contributed by atoms with E-state index in [0.29, 0.717) is 5.02 Å². The highest BCUT2D eigenvalue weighted by atomic mass is 79.9. The fourth-order valence-corrected chi connectivity index (χ4v) is 2.29. The fraction of sp³-hybridized carbons (Fsp3) is 0.250. The average molecular weight is 299 g/mol. The van der Waals surface area contributed by atoms with E-state index >= 15 is 0 Å². The third-order valence-electron chi connectivity index (χ3n) is 1.46. The van der Waals surface area contributed by atoms with E-state index in [0.717, 1.165) is 16.3 Å². The summed E-state index contributed by atoms with van der Waals surface area (Å²) in [5.41, 5.74) is 0.815. The van der Waals surface area contributed by atoms with E-state index in [1.165, 1.54) is 0 Å². The smallest absolute Gasteiger partial charge is 0.209 e. The maximum absolute atomic E-state index is 10.8. The monoisotopic (exact) mass is 297 g/mol. The highest BCUT2D eigenvalue weighted by Crippen LogP contribution is 2.19. The van der Waals surface area contributed by atoms with Crippen LogP contribution in [0.2, 0.25) is 5.02 Å². The molecule has 0 unspecified atom stereocenters. The Morgan fingerprint density at radius 2 is 2.07 bits per heavy atom. The van der Waals surface area contributed by atoms with E-state index in [1.54, 1.807) is 12.1 Å². The molecular weight excluding hydrogens is 290 g/mol. The standard InChI is InChI=1S/C8H9BrClNO2S/c1-14(12,13)11-5-6-2-7(9)4-8(10)3-6/h2-4,11H,5H2,1H3. The van der Waals surface area contributed by atoms with Crippen LogP contribution in [0.4, 0.5) is 0 Å². The second kappa shape index (κ2) is 4.61. The van der Waals surface area contributed by atoms with Crippen LogP contribution in [-0.4, -0.2) is 14.7 Å². The molecule has 1 aromatic rings. The third kappa shape index (κ3) is 4.41. The number of rotatable bonds is 3. The summed E-state index contributed by atoms with van der Waals surface area (Å²) in [4.78, 5) is 0. The van der Waals surface area contributed by atoms with Gasteiger partial charge in [0.25, 0.3) is 0 Å². The molecule has 0 spiro atoms. The molecule has 14 heavy (non-hydrogen) atoms. The van der Waals surface area contributed by atoms with Crippen molar-refractivity contribution < 1.29 is 8.42 Å². The first-order valence-electron chi connectivity index (χ1n) is 3.76. The SMILES string of the molecule is CS(=O)(=O)NCc1cc(Cl)cc(Br)c1. The molecule has 0 amide bonds. The van der Waals surface area contributed by atoms with E-state index in [1.807, 2.05) is 6.07 Å². The van der Waals surface area contributed by atoms with Gasteiger partial charge < -0.3 is 0 Å². The Bertz CT molecular complexity index is 413. The summed E-state index contributed by atoms with van der Waals surface area (Å²) < 4.78 is 24.9. The minimum atomic E-state index is -3.16. The number of hydrogen-bond acceptors (Lipinski definition) is 2. The Hall–Kier alpha value is -0.100. The van der Waals surface area contributed by atoms with Crippen LogP contribution in [0, 0.1) is 0 Å². The van der Waals surface area contributed by atoms with Gasteiger partial charge in [-0.25, -0.2) is 13.1 Å². The molecule has 0 aliphatic rings. The summed E-state index contributed by atoms with van der Waals surface area (Å²) in [7, 11) is -3.16. The molecule has 0 aliphatic carbocycles. The van der Waals surface area contributed by atoms with Crippen molar-refractivity contribution in [2.75, 3.05) is 6.26 Å². The zero-order valence-corrected chi connectivity index (χ0v) is 10.6. The second-order valence-electron chi connectivity index (χ2n) is 2.87. The number of sulfonamides is 1. The van der Waals surface area contributed by atoms with Crippen molar-refractivity contribution in [1.29, 1.82) is 0 Å². The van der Waals surface area contributed by atoms with Crippen LogP contribution in [0.1, 0.15) is 5.56 Å². The largest absolute Gasteiger partial charge is 0.213 e. The van der Waals surface area contributed by atoms with Crippen molar-refractivity contribution >= 4 is 37.6 Å². The van der Waals surface area contributed by atoms with Gasteiger partial charge in [-0.1, -0.05) is 27.5 Å². The first kappa shape index (κ1) is 12.0. The van der Waals surface area contributed by atoms with Crippen molar-refractivity contribution in [2.45, 2.75) is 6.54 Å². The lowest BCUT2D eigenvalue weighted by molar-refractivity contribution is 0.587. The minimum Gasteiger partial charge on any atom is -0.213 e. The van der Waals surface area contributed by atoms with E-state index in [4.69, 9.17) is 11.6 Å². The molecule has 3 nitrogen and oxygen atoms in total. The van der Waals surface area contributed by atoms with E-state index in [2.05, 4.69) is 20.7 Å². The van der Waals surface area contributed by atoms with E-state index < -0.39 is 10.0 Å². The normalized spacial score (nSPS) is 11.6. The summed E-state index contributed by atoms with van der Waals surface area (Å²) in [5, 5.41) is 0.574. The molecule has 0 saturated heterocycles. The maximum Gasteiger partial charge on any atom is 0.209 e. The lowest BCUT2D eigenvalue weighted by Crippen LogP contribution is -2.21. The van der Waals surface area contributed by atoms with Gasteiger partial charge in [0.2, 0.25) is 10.0 Å². The highest BCUT2D eigenvalue weighted by Gasteiger charge is 2.02. The van der Waals surface area contributed by atoms with Gasteiger partial charge in [0.05, 0.1) is 6.26 Å². The Balaban J connectivity index is 2.78. The summed E-state index contributed by atoms with van der Waals surface area (Å²) in [6.45, 7) is 0.248. The number of benzene rings is 1. The predicted molar refractivity (Wildman–Crippen MR) is 60.8 cm³/mol. The Kier molecular flexibility index (Phi) is 3.94. The lowest BCUT2D eigenvalue weighted by atomic mass is 10.2. The first-order chi connectivity index (χ1) is 6.37. The van der Waals surface area contributed by atoms with Crippen molar-refractivity contribution in [1.82, 2.24) is 4.72 Å². The van der Waals surface area contributed by atoms with E-state index in [-0.39, 0.29) is 6.54 Å². The van der Waals surface area contributed by atoms with Crippen LogP contribution in [0.3, 0.4) is 0 Å². The quantitative estimate of drug-likeness (QED) is 0.929. The topological polar surface area (TPSA) is 46.2 Å². The van der Waals surface area contributed by atoms with Gasteiger partial charge in [-0.2, -0.15) is 0 Å². The molecule has 6 heteroatoms. The molecule has 1 rings (SSSR count). The van der Waals surface area contributed by atoms with Gasteiger partial charge in [-0.05, 0) is 23.8 Å². The van der Waals surface area contributed by atoms with Crippen LogP contribution < -0.4 is 4.72 Å². The zero-order chi connectivity index (χ0) is 10.8.